The molecule has 1 aliphatic carbocycles. The van der Waals surface area contributed by atoms with Crippen LogP contribution >= 0.6 is 0 Å². The molecule has 0 aliphatic heterocycles. The molecule has 1 aliphatic rings. The molecular weight excluding hydrogens is 578 g/mol. The summed E-state index contributed by atoms with van der Waals surface area (Å²) < 4.78 is 1.95. The minimum absolute atomic E-state index is 0.109. The van der Waals surface area contributed by atoms with E-state index in [9.17, 15) is 9.90 Å². The van der Waals surface area contributed by atoms with Gasteiger partial charge in [0.15, 0.2) is 5.65 Å². The molecule has 1 amide bonds. The predicted molar refractivity (Wildman–Crippen MR) is 180 cm³/mol. The molecule has 0 spiro atoms. The van der Waals surface area contributed by atoms with Crippen LogP contribution < -0.4 is 16.8 Å². The van der Waals surface area contributed by atoms with Crippen LogP contribution in [0, 0.1) is 13.8 Å². The quantitative estimate of drug-likeness (QED) is 0.201. The normalized spacial score (nSPS) is 16.2. The first kappa shape index (κ1) is 30.6. The van der Waals surface area contributed by atoms with Gasteiger partial charge in [0.25, 0.3) is 5.91 Å². The van der Waals surface area contributed by atoms with Crippen LogP contribution in [0.5, 0.6) is 0 Å². The number of nitrogens with one attached hydrogen (secondary N) is 1. The Hall–Kier alpha value is -5.42. The molecule has 11 nitrogen and oxygen atoms in total. The Morgan fingerprint density at radius 3 is 2.28 bits per heavy atom. The number of amides is 1. The van der Waals surface area contributed by atoms with Crippen molar-refractivity contribution >= 4 is 39.3 Å². The summed E-state index contributed by atoms with van der Waals surface area (Å²) in [6.45, 7) is 4.23. The molecule has 3 aromatic heterocycles. The fraction of sp³-hybridized carbons (Fsp3) is 0.257. The van der Waals surface area contributed by atoms with E-state index >= 15 is 0 Å². The highest BCUT2D eigenvalue weighted by molar-refractivity contribution is 5.99. The van der Waals surface area contributed by atoms with Gasteiger partial charge in [-0.25, -0.2) is 24.6 Å². The van der Waals surface area contributed by atoms with Crippen LogP contribution in [0.1, 0.15) is 58.9 Å². The molecule has 0 atom stereocenters. The van der Waals surface area contributed by atoms with Crippen LogP contribution in [0.25, 0.3) is 33.1 Å². The molecule has 0 unspecified atom stereocenters. The van der Waals surface area contributed by atoms with Gasteiger partial charge >= 0.3 is 0 Å². The molecule has 234 valence electrons. The van der Waals surface area contributed by atoms with Gasteiger partial charge in [-0.3, -0.25) is 4.79 Å². The zero-order chi connectivity index (χ0) is 32.2. The van der Waals surface area contributed by atoms with Crippen molar-refractivity contribution in [3.63, 3.8) is 0 Å². The number of nitrogen functional groups attached to an aromatic ring is 2. The van der Waals surface area contributed by atoms with E-state index in [4.69, 9.17) is 16.6 Å². The van der Waals surface area contributed by atoms with Crippen LogP contribution in [-0.4, -0.2) is 46.8 Å². The Morgan fingerprint density at radius 2 is 1.57 bits per heavy atom. The summed E-state index contributed by atoms with van der Waals surface area (Å²) in [6, 6.07) is 21.8. The molecule has 6 aromatic rings. The third kappa shape index (κ3) is 6.50. The SMILES string of the molecule is Cc1ncnc(N)c1C.Nc1ncnc2c1c(-c1ccc(CNC(=O)c3ccc4ccccc4c3)cc1)nn2C1CCC(O)CC1. The van der Waals surface area contributed by atoms with Gasteiger partial charge in [-0.05, 0) is 68.0 Å². The molecule has 46 heavy (non-hydrogen) atoms. The summed E-state index contributed by atoms with van der Waals surface area (Å²) in [6.07, 6.45) is 5.89. The second-order valence-electron chi connectivity index (χ2n) is 11.6. The first-order valence-electron chi connectivity index (χ1n) is 15.3. The lowest BCUT2D eigenvalue weighted by molar-refractivity contribution is 0.0951. The number of fused-ring (bicyclic) bond motifs is 2. The summed E-state index contributed by atoms with van der Waals surface area (Å²) in [4.78, 5) is 29.2. The van der Waals surface area contributed by atoms with Crippen molar-refractivity contribution in [3.05, 3.63) is 102 Å². The van der Waals surface area contributed by atoms with Crippen molar-refractivity contribution < 1.29 is 9.90 Å². The summed E-state index contributed by atoms with van der Waals surface area (Å²) in [5.41, 5.74) is 17.6. The number of rotatable bonds is 5. The van der Waals surface area contributed by atoms with Crippen LogP contribution in [0.3, 0.4) is 0 Å². The maximum absolute atomic E-state index is 12.7. The number of benzene rings is 3. The largest absolute Gasteiger partial charge is 0.393 e. The molecule has 6 N–H and O–H groups in total. The lowest BCUT2D eigenvalue weighted by Gasteiger charge is -2.25. The first-order valence-corrected chi connectivity index (χ1v) is 15.3. The summed E-state index contributed by atoms with van der Waals surface area (Å²) in [5, 5.41) is 20.7. The topological polar surface area (TPSA) is 171 Å². The van der Waals surface area contributed by atoms with Crippen LogP contribution in [0.2, 0.25) is 0 Å². The smallest absolute Gasteiger partial charge is 0.251 e. The number of hydrogen-bond donors (Lipinski definition) is 4. The Balaban J connectivity index is 0.000000358. The molecule has 3 aromatic carbocycles. The molecule has 0 radical (unpaired) electrons. The zero-order valence-electron chi connectivity index (χ0n) is 25.9. The minimum atomic E-state index is -0.244. The fourth-order valence-electron chi connectivity index (χ4n) is 5.71. The number of aryl methyl sites for hydroxylation is 1. The molecule has 1 saturated carbocycles. The molecule has 11 heteroatoms. The van der Waals surface area contributed by atoms with Crippen molar-refractivity contribution in [3.8, 4) is 11.3 Å². The van der Waals surface area contributed by atoms with E-state index in [1.165, 1.54) is 12.7 Å². The summed E-state index contributed by atoms with van der Waals surface area (Å²) in [5.74, 6) is 0.860. The van der Waals surface area contributed by atoms with Gasteiger partial charge in [-0.1, -0.05) is 54.6 Å². The Morgan fingerprint density at radius 1 is 0.870 bits per heavy atom. The van der Waals surface area contributed by atoms with Crippen LogP contribution in [-0.2, 0) is 6.54 Å². The Bertz CT molecular complexity index is 1980. The third-order valence-corrected chi connectivity index (χ3v) is 8.60. The van der Waals surface area contributed by atoms with E-state index < -0.39 is 0 Å². The van der Waals surface area contributed by atoms with E-state index in [-0.39, 0.29) is 18.1 Å². The van der Waals surface area contributed by atoms with Crippen LogP contribution in [0.15, 0.2) is 79.4 Å². The summed E-state index contributed by atoms with van der Waals surface area (Å²) in [7, 11) is 0. The van der Waals surface area contributed by atoms with E-state index in [0.29, 0.717) is 23.7 Å². The maximum Gasteiger partial charge on any atom is 0.251 e. The van der Waals surface area contributed by atoms with Crippen molar-refractivity contribution in [2.75, 3.05) is 11.5 Å². The molecule has 7 rings (SSSR count). The monoisotopic (exact) mass is 615 g/mol. The maximum atomic E-state index is 12.7. The van der Waals surface area contributed by atoms with Crippen molar-refractivity contribution in [2.45, 2.75) is 58.2 Å². The fourth-order valence-corrected chi connectivity index (χ4v) is 5.71. The van der Waals surface area contributed by atoms with Gasteiger partial charge in [-0.15, -0.1) is 0 Å². The minimum Gasteiger partial charge on any atom is -0.393 e. The van der Waals surface area contributed by atoms with Crippen LogP contribution in [0.4, 0.5) is 11.6 Å². The lowest BCUT2D eigenvalue weighted by Crippen LogP contribution is -2.22. The standard InChI is InChI=1S/C29H28N6O2.C6H9N3/c30-27-25-26(34-35(28(25)33-17-32-27)23-11-13-24(36)14-12-23)20-7-5-18(6-8-20)16-31-29(37)22-10-9-19-3-1-2-4-21(19)15-22;1-4-5(2)8-3-9-6(4)7/h1-10,15,17,23-24,36H,11-14,16H2,(H,31,37)(H2,30,32,33);3H,1-2H3,(H2,7,8,9). The van der Waals surface area contributed by atoms with E-state index in [0.717, 1.165) is 75.6 Å². The highest BCUT2D eigenvalue weighted by atomic mass is 16.3. The Kier molecular flexibility index (Phi) is 8.84. The number of aliphatic hydroxyl groups is 1. The number of carbonyl (C=O) groups excluding carboxylic acids is 1. The van der Waals surface area contributed by atoms with E-state index in [1.54, 1.807) is 0 Å². The average molecular weight is 616 g/mol. The van der Waals surface area contributed by atoms with Gasteiger partial charge < -0.3 is 21.9 Å². The van der Waals surface area contributed by atoms with E-state index in [2.05, 4.69) is 25.3 Å². The van der Waals surface area contributed by atoms with E-state index in [1.807, 2.05) is 85.3 Å². The van der Waals surface area contributed by atoms with Crippen molar-refractivity contribution in [2.24, 2.45) is 0 Å². The van der Waals surface area contributed by atoms with Gasteiger partial charge in [0, 0.05) is 28.9 Å². The molecule has 1 fully saturated rings. The van der Waals surface area contributed by atoms with Crippen molar-refractivity contribution in [1.82, 2.24) is 35.0 Å². The van der Waals surface area contributed by atoms with Crippen molar-refractivity contribution in [1.29, 1.82) is 0 Å². The zero-order valence-corrected chi connectivity index (χ0v) is 25.9. The third-order valence-electron chi connectivity index (χ3n) is 8.60. The predicted octanol–water partition coefficient (Wildman–Crippen LogP) is 5.31. The first-order chi connectivity index (χ1) is 22.3. The number of nitrogens with two attached hydrogens (primary N) is 2. The second kappa shape index (κ2) is 13.3. The molecule has 0 saturated heterocycles. The average Bonchev–Trinajstić information content (AvgIpc) is 3.47. The summed E-state index contributed by atoms with van der Waals surface area (Å²) >= 11 is 0. The number of nitrogens with zero attached hydrogens (tertiary/aromatic N) is 6. The second-order valence-corrected chi connectivity index (χ2v) is 11.6. The van der Waals surface area contributed by atoms with Gasteiger partial charge in [0.2, 0.25) is 0 Å². The number of hydrogen-bond acceptors (Lipinski definition) is 9. The lowest BCUT2D eigenvalue weighted by atomic mass is 9.93. The number of carbonyl (C=O) groups is 1. The number of anilines is 2. The molecular formula is C35H37N9O2. The highest BCUT2D eigenvalue weighted by Gasteiger charge is 2.26. The van der Waals surface area contributed by atoms with Gasteiger partial charge in [0.1, 0.15) is 30.0 Å². The van der Waals surface area contributed by atoms with Gasteiger partial charge in [-0.2, -0.15) is 5.10 Å². The molecule has 3 heterocycles. The molecule has 0 bridgehead atoms. The number of aromatic nitrogens is 6. The van der Waals surface area contributed by atoms with Gasteiger partial charge in [0.05, 0.1) is 17.5 Å². The highest BCUT2D eigenvalue weighted by Crippen LogP contribution is 2.36. The Labute approximate surface area is 266 Å². The number of aliphatic hydroxyl groups excluding tert-OH is 1.